The lowest BCUT2D eigenvalue weighted by molar-refractivity contribution is -0.140. The lowest BCUT2D eigenvalue weighted by Crippen LogP contribution is -2.32. The fraction of sp³-hybridized carbons (Fsp3) is 0.304. The van der Waals surface area contributed by atoms with Gasteiger partial charge in [0.1, 0.15) is 17.3 Å². The average molecular weight is 413 g/mol. The molecular formula is C23H24FNO5. The van der Waals surface area contributed by atoms with E-state index in [2.05, 4.69) is 0 Å². The lowest BCUT2D eigenvalue weighted by Gasteiger charge is -2.25. The molecule has 1 atom stereocenters. The zero-order valence-corrected chi connectivity index (χ0v) is 16.9. The van der Waals surface area contributed by atoms with Crippen LogP contribution in [0, 0.1) is 5.82 Å². The zero-order chi connectivity index (χ0) is 21.7. The van der Waals surface area contributed by atoms with Gasteiger partial charge in [-0.25, -0.2) is 4.39 Å². The SMILES string of the molecule is CCCOc1cccc(/C(O)=C2\C(=O)C(=O)N(CCOC)C2c2ccc(F)cc2)c1. The summed E-state index contributed by atoms with van der Waals surface area (Å²) in [6.45, 7) is 2.86. The Kier molecular flexibility index (Phi) is 6.84. The minimum Gasteiger partial charge on any atom is -0.507 e. The second kappa shape index (κ2) is 9.54. The van der Waals surface area contributed by atoms with Crippen molar-refractivity contribution in [1.82, 2.24) is 4.90 Å². The molecule has 1 aliphatic heterocycles. The Hall–Kier alpha value is -3.19. The summed E-state index contributed by atoms with van der Waals surface area (Å²) in [6.07, 6.45) is 0.825. The van der Waals surface area contributed by atoms with Crippen LogP contribution in [0.1, 0.15) is 30.5 Å². The van der Waals surface area contributed by atoms with Gasteiger partial charge in [0.15, 0.2) is 0 Å². The monoisotopic (exact) mass is 413 g/mol. The highest BCUT2D eigenvalue weighted by Crippen LogP contribution is 2.39. The number of ether oxygens (including phenoxy) is 2. The lowest BCUT2D eigenvalue weighted by atomic mass is 9.95. The quantitative estimate of drug-likeness (QED) is 0.406. The maximum atomic E-state index is 13.5. The van der Waals surface area contributed by atoms with Gasteiger partial charge in [-0.1, -0.05) is 31.2 Å². The number of halogens is 1. The van der Waals surface area contributed by atoms with E-state index < -0.39 is 23.5 Å². The summed E-state index contributed by atoms with van der Waals surface area (Å²) < 4.78 is 24.1. The Morgan fingerprint density at radius 2 is 1.87 bits per heavy atom. The number of likely N-dealkylation sites (tertiary alicyclic amines) is 1. The summed E-state index contributed by atoms with van der Waals surface area (Å²) in [6, 6.07) is 11.4. The third-order valence-corrected chi connectivity index (χ3v) is 4.84. The molecule has 0 saturated carbocycles. The maximum Gasteiger partial charge on any atom is 0.295 e. The smallest absolute Gasteiger partial charge is 0.295 e. The van der Waals surface area contributed by atoms with Gasteiger partial charge < -0.3 is 19.5 Å². The Bertz CT molecular complexity index is 954. The van der Waals surface area contributed by atoms with Crippen LogP contribution in [0.3, 0.4) is 0 Å². The molecular weight excluding hydrogens is 389 g/mol. The Morgan fingerprint density at radius 3 is 2.53 bits per heavy atom. The molecule has 0 bridgehead atoms. The van der Waals surface area contributed by atoms with Gasteiger partial charge in [0.25, 0.3) is 11.7 Å². The first kappa shape index (κ1) is 21.5. The molecule has 158 valence electrons. The van der Waals surface area contributed by atoms with Crippen LogP contribution in [0.15, 0.2) is 54.1 Å². The fourth-order valence-electron chi connectivity index (χ4n) is 3.40. The maximum absolute atomic E-state index is 13.5. The minimum absolute atomic E-state index is 0.0460. The second-order valence-corrected chi connectivity index (χ2v) is 6.91. The third kappa shape index (κ3) is 4.36. The van der Waals surface area contributed by atoms with Gasteiger partial charge in [0.2, 0.25) is 0 Å². The van der Waals surface area contributed by atoms with Crippen LogP contribution in [-0.2, 0) is 14.3 Å². The van der Waals surface area contributed by atoms with Crippen LogP contribution in [0.2, 0.25) is 0 Å². The van der Waals surface area contributed by atoms with Crippen molar-refractivity contribution in [1.29, 1.82) is 0 Å². The molecule has 1 N–H and O–H groups in total. The molecule has 0 spiro atoms. The summed E-state index contributed by atoms with van der Waals surface area (Å²) in [5.41, 5.74) is 0.836. The van der Waals surface area contributed by atoms with Crippen LogP contribution in [-0.4, -0.2) is 48.6 Å². The van der Waals surface area contributed by atoms with E-state index in [9.17, 15) is 19.1 Å². The summed E-state index contributed by atoms with van der Waals surface area (Å²) >= 11 is 0. The number of rotatable bonds is 8. The van der Waals surface area contributed by atoms with Gasteiger partial charge >= 0.3 is 0 Å². The Morgan fingerprint density at radius 1 is 1.13 bits per heavy atom. The normalized spacial score (nSPS) is 18.1. The predicted octanol–water partition coefficient (Wildman–Crippen LogP) is 3.68. The van der Waals surface area contributed by atoms with Gasteiger partial charge in [-0.15, -0.1) is 0 Å². The molecule has 6 nitrogen and oxygen atoms in total. The molecule has 7 heteroatoms. The van der Waals surface area contributed by atoms with Crippen molar-refractivity contribution >= 4 is 17.4 Å². The Labute approximate surface area is 174 Å². The molecule has 0 aromatic heterocycles. The summed E-state index contributed by atoms with van der Waals surface area (Å²) in [5.74, 6) is -1.72. The fourth-order valence-corrected chi connectivity index (χ4v) is 3.40. The number of ketones is 1. The van der Waals surface area contributed by atoms with Gasteiger partial charge in [0.05, 0.1) is 24.8 Å². The van der Waals surface area contributed by atoms with Gasteiger partial charge in [-0.3, -0.25) is 9.59 Å². The molecule has 0 aliphatic carbocycles. The van der Waals surface area contributed by atoms with Crippen LogP contribution >= 0.6 is 0 Å². The third-order valence-electron chi connectivity index (χ3n) is 4.84. The number of hydrogen-bond donors (Lipinski definition) is 1. The molecule has 2 aromatic carbocycles. The van der Waals surface area contributed by atoms with Crippen molar-refractivity contribution in [2.45, 2.75) is 19.4 Å². The van der Waals surface area contributed by atoms with Crippen molar-refractivity contribution in [3.05, 3.63) is 71.0 Å². The number of hydrogen-bond acceptors (Lipinski definition) is 5. The molecule has 0 radical (unpaired) electrons. The average Bonchev–Trinajstić information content (AvgIpc) is 3.01. The largest absolute Gasteiger partial charge is 0.507 e. The number of benzene rings is 2. The number of amides is 1. The van der Waals surface area contributed by atoms with Crippen molar-refractivity contribution in [2.24, 2.45) is 0 Å². The van der Waals surface area contributed by atoms with Gasteiger partial charge in [-0.2, -0.15) is 0 Å². The predicted molar refractivity (Wildman–Crippen MR) is 110 cm³/mol. The molecule has 1 fully saturated rings. The zero-order valence-electron chi connectivity index (χ0n) is 16.9. The molecule has 1 aliphatic rings. The second-order valence-electron chi connectivity index (χ2n) is 6.91. The highest BCUT2D eigenvalue weighted by molar-refractivity contribution is 6.46. The van der Waals surface area contributed by atoms with E-state index >= 15 is 0 Å². The van der Waals surface area contributed by atoms with E-state index in [-0.39, 0.29) is 24.5 Å². The number of aliphatic hydroxyl groups is 1. The first-order valence-electron chi connectivity index (χ1n) is 9.74. The van der Waals surface area contributed by atoms with Crippen molar-refractivity contribution in [2.75, 3.05) is 26.9 Å². The van der Waals surface area contributed by atoms with Gasteiger partial charge in [-0.05, 0) is 36.2 Å². The van der Waals surface area contributed by atoms with E-state index in [0.717, 1.165) is 6.42 Å². The highest BCUT2D eigenvalue weighted by Gasteiger charge is 2.45. The van der Waals surface area contributed by atoms with E-state index in [1.165, 1.54) is 36.3 Å². The summed E-state index contributed by atoms with van der Waals surface area (Å²) in [5, 5.41) is 11.0. The van der Waals surface area contributed by atoms with E-state index in [1.54, 1.807) is 24.3 Å². The standard InChI is InChI=1S/C23H24FNO5/c1-3-12-30-18-6-4-5-16(14-18)21(26)19-20(15-7-9-17(24)10-8-15)25(11-13-29-2)23(28)22(19)27/h4-10,14,20,26H,3,11-13H2,1-2H3/b21-19+. The molecule has 1 unspecified atom stereocenters. The van der Waals surface area contributed by atoms with Crippen LogP contribution < -0.4 is 4.74 Å². The van der Waals surface area contributed by atoms with Crippen molar-refractivity contribution in [3.63, 3.8) is 0 Å². The number of Topliss-reactive ketones (excluding diaryl/α,β-unsaturated/α-hetero) is 1. The highest BCUT2D eigenvalue weighted by atomic mass is 19.1. The number of carbonyl (C=O) groups excluding carboxylic acids is 2. The number of aliphatic hydroxyl groups excluding tert-OH is 1. The van der Waals surface area contributed by atoms with Crippen molar-refractivity contribution < 1.29 is 28.6 Å². The molecule has 1 amide bonds. The van der Waals surface area contributed by atoms with Crippen LogP contribution in [0.5, 0.6) is 5.75 Å². The van der Waals surface area contributed by atoms with Crippen molar-refractivity contribution in [3.8, 4) is 5.75 Å². The van der Waals surface area contributed by atoms with E-state index in [4.69, 9.17) is 9.47 Å². The summed E-state index contributed by atoms with van der Waals surface area (Å²) in [4.78, 5) is 26.9. The Balaban J connectivity index is 2.10. The molecule has 3 rings (SSSR count). The number of nitrogens with zero attached hydrogens (tertiary/aromatic N) is 1. The topological polar surface area (TPSA) is 76.1 Å². The molecule has 2 aromatic rings. The molecule has 1 heterocycles. The number of carbonyl (C=O) groups is 2. The van der Waals surface area contributed by atoms with Crippen LogP contribution in [0.25, 0.3) is 5.76 Å². The molecule has 1 saturated heterocycles. The number of methoxy groups -OCH3 is 1. The molecule has 30 heavy (non-hydrogen) atoms. The van der Waals surface area contributed by atoms with Crippen LogP contribution in [0.4, 0.5) is 4.39 Å². The van der Waals surface area contributed by atoms with E-state index in [1.807, 2.05) is 6.92 Å². The first-order chi connectivity index (χ1) is 14.5. The minimum atomic E-state index is -0.846. The van der Waals surface area contributed by atoms with Gasteiger partial charge in [0, 0.05) is 19.2 Å². The first-order valence-corrected chi connectivity index (χ1v) is 9.74. The van der Waals surface area contributed by atoms with E-state index in [0.29, 0.717) is 23.5 Å². The summed E-state index contributed by atoms with van der Waals surface area (Å²) in [7, 11) is 1.49.